The van der Waals surface area contributed by atoms with Crippen molar-refractivity contribution in [2.75, 3.05) is 5.32 Å². The van der Waals surface area contributed by atoms with Crippen molar-refractivity contribution in [1.82, 2.24) is 15.0 Å². The third kappa shape index (κ3) is 2.64. The Labute approximate surface area is 108 Å². The number of hydrogen-bond acceptors (Lipinski definition) is 4. The van der Waals surface area contributed by atoms with E-state index in [1.54, 1.807) is 12.4 Å². The molecule has 0 fully saturated rings. The molecule has 1 N–H and O–H groups in total. The Morgan fingerprint density at radius 2 is 1.72 bits per heavy atom. The fourth-order valence-electron chi connectivity index (χ4n) is 1.98. The monoisotopic (exact) mass is 242 g/mol. The predicted molar refractivity (Wildman–Crippen MR) is 72.5 cm³/mol. The van der Waals surface area contributed by atoms with E-state index in [0.29, 0.717) is 0 Å². The first-order valence-electron chi connectivity index (χ1n) is 6.06. The maximum absolute atomic E-state index is 4.44. The highest BCUT2D eigenvalue weighted by Crippen LogP contribution is 2.21. The van der Waals surface area contributed by atoms with E-state index < -0.39 is 0 Å². The van der Waals surface area contributed by atoms with Crippen molar-refractivity contribution < 1.29 is 0 Å². The molecule has 94 valence electrons. The molecule has 2 aromatic rings. The minimum absolute atomic E-state index is 0.113. The van der Waals surface area contributed by atoms with Crippen LogP contribution in [0.15, 0.2) is 24.5 Å². The summed E-state index contributed by atoms with van der Waals surface area (Å²) in [6, 6.07) is 4.17. The van der Waals surface area contributed by atoms with Gasteiger partial charge >= 0.3 is 0 Å². The first kappa shape index (κ1) is 12.5. The lowest BCUT2D eigenvalue weighted by Crippen LogP contribution is -2.12. The second kappa shape index (κ2) is 5.12. The molecular weight excluding hydrogens is 224 g/mol. The van der Waals surface area contributed by atoms with Crippen molar-refractivity contribution in [2.24, 2.45) is 0 Å². The highest BCUT2D eigenvalue weighted by molar-refractivity contribution is 5.49. The summed E-state index contributed by atoms with van der Waals surface area (Å²) in [5, 5.41) is 3.43. The largest absolute Gasteiger partial charge is 0.375 e. The van der Waals surface area contributed by atoms with E-state index in [4.69, 9.17) is 0 Å². The van der Waals surface area contributed by atoms with E-state index in [-0.39, 0.29) is 6.04 Å². The molecule has 0 amide bonds. The summed E-state index contributed by atoms with van der Waals surface area (Å²) < 4.78 is 0. The zero-order chi connectivity index (χ0) is 13.1. The van der Waals surface area contributed by atoms with Crippen LogP contribution < -0.4 is 5.32 Å². The third-order valence-electron chi connectivity index (χ3n) is 2.93. The van der Waals surface area contributed by atoms with Gasteiger partial charge in [-0.1, -0.05) is 0 Å². The highest BCUT2D eigenvalue weighted by Gasteiger charge is 2.11. The lowest BCUT2D eigenvalue weighted by molar-refractivity contribution is 0.807. The van der Waals surface area contributed by atoms with Gasteiger partial charge in [-0.3, -0.25) is 15.0 Å². The quantitative estimate of drug-likeness (QED) is 0.899. The minimum Gasteiger partial charge on any atom is -0.375 e. The first-order valence-corrected chi connectivity index (χ1v) is 6.06. The van der Waals surface area contributed by atoms with Crippen molar-refractivity contribution in [3.05, 3.63) is 47.3 Å². The Kier molecular flexibility index (Phi) is 3.55. The minimum atomic E-state index is 0.113. The lowest BCUT2D eigenvalue weighted by Gasteiger charge is -2.17. The summed E-state index contributed by atoms with van der Waals surface area (Å²) >= 11 is 0. The zero-order valence-electron chi connectivity index (χ0n) is 11.2. The summed E-state index contributed by atoms with van der Waals surface area (Å²) in [5.74, 6) is 0. The van der Waals surface area contributed by atoms with Crippen molar-refractivity contribution in [2.45, 2.75) is 33.7 Å². The predicted octanol–water partition coefficient (Wildman–Crippen LogP) is 2.97. The molecule has 4 nitrogen and oxygen atoms in total. The number of anilines is 1. The Bertz CT molecular complexity index is 551. The number of rotatable bonds is 3. The van der Waals surface area contributed by atoms with Gasteiger partial charge in [0.2, 0.25) is 0 Å². The molecule has 0 aliphatic carbocycles. The zero-order valence-corrected chi connectivity index (χ0v) is 11.2. The van der Waals surface area contributed by atoms with Gasteiger partial charge in [0, 0.05) is 18.1 Å². The van der Waals surface area contributed by atoms with Crippen molar-refractivity contribution in [3.63, 3.8) is 0 Å². The molecule has 0 saturated carbocycles. The number of pyridine rings is 1. The van der Waals surface area contributed by atoms with Gasteiger partial charge in [0.05, 0.1) is 28.8 Å². The smallest absolute Gasteiger partial charge is 0.0835 e. The standard InChI is InChI=1S/C14H18N4/c1-9-5-6-13(10(2)17-9)18-12(4)14-11(3)15-7-8-16-14/h5-8,12,18H,1-4H3. The van der Waals surface area contributed by atoms with E-state index >= 15 is 0 Å². The van der Waals surface area contributed by atoms with Crippen LogP contribution in [0, 0.1) is 20.8 Å². The topological polar surface area (TPSA) is 50.7 Å². The van der Waals surface area contributed by atoms with Crippen LogP contribution in [0.5, 0.6) is 0 Å². The summed E-state index contributed by atoms with van der Waals surface area (Å²) in [4.78, 5) is 13.1. The van der Waals surface area contributed by atoms with Crippen LogP contribution in [-0.2, 0) is 0 Å². The summed E-state index contributed by atoms with van der Waals surface area (Å²) in [5.41, 5.74) is 5.00. The fourth-order valence-corrected chi connectivity index (χ4v) is 1.98. The number of aryl methyl sites for hydroxylation is 3. The summed E-state index contributed by atoms with van der Waals surface area (Å²) in [7, 11) is 0. The Balaban J connectivity index is 2.21. The molecule has 1 unspecified atom stereocenters. The molecule has 0 aromatic carbocycles. The maximum atomic E-state index is 4.44. The Hall–Kier alpha value is -1.97. The van der Waals surface area contributed by atoms with Gasteiger partial charge < -0.3 is 5.32 Å². The maximum Gasteiger partial charge on any atom is 0.0835 e. The molecule has 0 aliphatic heterocycles. The Morgan fingerprint density at radius 3 is 2.39 bits per heavy atom. The lowest BCUT2D eigenvalue weighted by atomic mass is 10.1. The van der Waals surface area contributed by atoms with E-state index in [2.05, 4.69) is 33.3 Å². The number of aromatic nitrogens is 3. The van der Waals surface area contributed by atoms with Gasteiger partial charge in [-0.25, -0.2) is 0 Å². The third-order valence-corrected chi connectivity index (χ3v) is 2.93. The van der Waals surface area contributed by atoms with Crippen LogP contribution in [0.25, 0.3) is 0 Å². The molecule has 0 radical (unpaired) electrons. The van der Waals surface area contributed by atoms with Gasteiger partial charge in [-0.15, -0.1) is 0 Å². The molecule has 0 saturated heterocycles. The van der Waals surface area contributed by atoms with Crippen LogP contribution in [0.2, 0.25) is 0 Å². The van der Waals surface area contributed by atoms with E-state index in [1.807, 2.05) is 26.8 Å². The van der Waals surface area contributed by atoms with E-state index in [9.17, 15) is 0 Å². The average Bonchev–Trinajstić information content (AvgIpc) is 2.33. The van der Waals surface area contributed by atoms with Gasteiger partial charge in [0.15, 0.2) is 0 Å². The van der Waals surface area contributed by atoms with Crippen molar-refractivity contribution in [1.29, 1.82) is 0 Å². The van der Waals surface area contributed by atoms with Crippen LogP contribution in [0.1, 0.15) is 35.7 Å². The molecule has 0 bridgehead atoms. The number of hydrogen-bond donors (Lipinski definition) is 1. The second-order valence-corrected chi connectivity index (χ2v) is 4.48. The van der Waals surface area contributed by atoms with Crippen LogP contribution in [0.4, 0.5) is 5.69 Å². The van der Waals surface area contributed by atoms with Crippen molar-refractivity contribution in [3.8, 4) is 0 Å². The first-order chi connectivity index (χ1) is 8.58. The molecule has 2 rings (SSSR count). The fraction of sp³-hybridized carbons (Fsp3) is 0.357. The second-order valence-electron chi connectivity index (χ2n) is 4.48. The molecule has 1 atom stereocenters. The van der Waals surface area contributed by atoms with E-state index in [0.717, 1.165) is 28.5 Å². The van der Waals surface area contributed by atoms with Crippen LogP contribution in [0.3, 0.4) is 0 Å². The normalized spacial score (nSPS) is 12.2. The molecule has 4 heteroatoms. The SMILES string of the molecule is Cc1ccc(NC(C)c2nccnc2C)c(C)n1. The van der Waals surface area contributed by atoms with Gasteiger partial charge in [-0.2, -0.15) is 0 Å². The Morgan fingerprint density at radius 1 is 1.00 bits per heavy atom. The number of nitrogens with zero attached hydrogens (tertiary/aromatic N) is 3. The van der Waals surface area contributed by atoms with Crippen LogP contribution >= 0.6 is 0 Å². The molecule has 18 heavy (non-hydrogen) atoms. The van der Waals surface area contributed by atoms with Gasteiger partial charge in [-0.05, 0) is 39.8 Å². The highest BCUT2D eigenvalue weighted by atomic mass is 15.0. The van der Waals surface area contributed by atoms with Gasteiger partial charge in [0.25, 0.3) is 0 Å². The molecule has 0 spiro atoms. The molecule has 0 aliphatic rings. The average molecular weight is 242 g/mol. The molecule has 2 heterocycles. The van der Waals surface area contributed by atoms with Gasteiger partial charge in [0.1, 0.15) is 0 Å². The number of nitrogens with one attached hydrogen (secondary N) is 1. The summed E-state index contributed by atoms with van der Waals surface area (Å²) in [6.45, 7) is 8.05. The summed E-state index contributed by atoms with van der Waals surface area (Å²) in [6.07, 6.45) is 3.44. The molecule has 2 aromatic heterocycles. The molecular formula is C14H18N4. The van der Waals surface area contributed by atoms with Crippen molar-refractivity contribution >= 4 is 5.69 Å². The van der Waals surface area contributed by atoms with Crippen LogP contribution in [-0.4, -0.2) is 15.0 Å². The van der Waals surface area contributed by atoms with E-state index in [1.165, 1.54) is 0 Å².